The largest absolute Gasteiger partial charge is 0.297 e. The Morgan fingerprint density at radius 3 is 2.92 bits per heavy atom. The molecule has 0 amide bonds. The third kappa shape index (κ3) is 2.87. The van der Waals surface area contributed by atoms with Crippen molar-refractivity contribution in [1.29, 1.82) is 0 Å². The summed E-state index contributed by atoms with van der Waals surface area (Å²) in [5, 5.41) is 7.63. The van der Waals surface area contributed by atoms with Crippen molar-refractivity contribution in [1.82, 2.24) is 5.32 Å². The van der Waals surface area contributed by atoms with Crippen LogP contribution in [-0.4, -0.2) is 6.04 Å². The Balaban J connectivity index is 2.51. The summed E-state index contributed by atoms with van der Waals surface area (Å²) in [5.41, 5.74) is 1.32. The Labute approximate surface area is 84.2 Å². The number of terminal acetylenes is 1. The van der Waals surface area contributed by atoms with E-state index in [4.69, 9.17) is 6.42 Å². The third-order valence-electron chi connectivity index (χ3n) is 2.10. The first kappa shape index (κ1) is 10.3. The number of hydrogen-bond donors (Lipinski definition) is 1. The zero-order chi connectivity index (χ0) is 9.68. The summed E-state index contributed by atoms with van der Waals surface area (Å²) in [5.74, 6) is 2.74. The fourth-order valence-electron chi connectivity index (χ4n) is 1.20. The molecule has 0 radical (unpaired) electrons. The molecule has 1 aromatic rings. The Morgan fingerprint density at radius 1 is 1.69 bits per heavy atom. The van der Waals surface area contributed by atoms with Crippen molar-refractivity contribution in [2.75, 3.05) is 0 Å². The lowest BCUT2D eigenvalue weighted by atomic mass is 10.1. The van der Waals surface area contributed by atoms with Gasteiger partial charge in [0, 0.05) is 6.04 Å². The summed E-state index contributed by atoms with van der Waals surface area (Å²) in [7, 11) is 0. The molecule has 1 nitrogen and oxygen atoms in total. The van der Waals surface area contributed by atoms with Crippen LogP contribution >= 0.6 is 11.3 Å². The van der Waals surface area contributed by atoms with E-state index in [1.807, 2.05) is 0 Å². The Bertz CT molecular complexity index is 271. The van der Waals surface area contributed by atoms with Gasteiger partial charge in [-0.2, -0.15) is 11.3 Å². The Kier molecular flexibility index (Phi) is 4.01. The van der Waals surface area contributed by atoms with Crippen molar-refractivity contribution in [3.8, 4) is 12.3 Å². The minimum absolute atomic E-state index is 0.190. The minimum Gasteiger partial charge on any atom is -0.297 e. The van der Waals surface area contributed by atoms with E-state index in [1.165, 1.54) is 5.56 Å². The van der Waals surface area contributed by atoms with Gasteiger partial charge in [-0.05, 0) is 35.7 Å². The molecule has 0 saturated heterocycles. The van der Waals surface area contributed by atoms with Gasteiger partial charge in [-0.25, -0.2) is 0 Å². The second-order valence-corrected chi connectivity index (χ2v) is 3.85. The van der Waals surface area contributed by atoms with E-state index >= 15 is 0 Å². The maximum Gasteiger partial charge on any atom is 0.0688 e. The SMILES string of the molecule is C#CC(CC)NC(C)c1ccsc1. The second kappa shape index (κ2) is 5.06. The fourth-order valence-corrected chi connectivity index (χ4v) is 1.96. The number of hydrogen-bond acceptors (Lipinski definition) is 2. The Hall–Kier alpha value is -0.780. The van der Waals surface area contributed by atoms with E-state index < -0.39 is 0 Å². The summed E-state index contributed by atoms with van der Waals surface area (Å²) in [4.78, 5) is 0. The van der Waals surface area contributed by atoms with Crippen molar-refractivity contribution in [3.63, 3.8) is 0 Å². The van der Waals surface area contributed by atoms with E-state index in [0.29, 0.717) is 6.04 Å². The number of nitrogens with one attached hydrogen (secondary N) is 1. The van der Waals surface area contributed by atoms with Crippen LogP contribution in [0.5, 0.6) is 0 Å². The topological polar surface area (TPSA) is 12.0 Å². The van der Waals surface area contributed by atoms with Gasteiger partial charge in [-0.15, -0.1) is 6.42 Å². The molecule has 1 aromatic heterocycles. The molecule has 2 unspecified atom stereocenters. The van der Waals surface area contributed by atoms with Crippen LogP contribution in [0.4, 0.5) is 0 Å². The summed E-state index contributed by atoms with van der Waals surface area (Å²) in [6.45, 7) is 4.24. The predicted octanol–water partition coefficient (Wildman–Crippen LogP) is 2.81. The molecule has 1 rings (SSSR count). The van der Waals surface area contributed by atoms with Crippen LogP contribution in [0.1, 0.15) is 31.9 Å². The molecule has 2 heteroatoms. The monoisotopic (exact) mass is 193 g/mol. The second-order valence-electron chi connectivity index (χ2n) is 3.07. The highest BCUT2D eigenvalue weighted by Gasteiger charge is 2.09. The van der Waals surface area contributed by atoms with E-state index in [9.17, 15) is 0 Å². The highest BCUT2D eigenvalue weighted by molar-refractivity contribution is 7.07. The van der Waals surface area contributed by atoms with Gasteiger partial charge >= 0.3 is 0 Å². The zero-order valence-corrected chi connectivity index (χ0v) is 8.90. The lowest BCUT2D eigenvalue weighted by Crippen LogP contribution is -2.29. The van der Waals surface area contributed by atoms with E-state index in [0.717, 1.165) is 6.42 Å². The molecule has 70 valence electrons. The highest BCUT2D eigenvalue weighted by Crippen LogP contribution is 2.16. The van der Waals surface area contributed by atoms with Crippen molar-refractivity contribution in [2.24, 2.45) is 0 Å². The van der Waals surface area contributed by atoms with Gasteiger partial charge in [0.1, 0.15) is 0 Å². The van der Waals surface area contributed by atoms with Crippen LogP contribution in [0.15, 0.2) is 16.8 Å². The molecule has 0 aliphatic carbocycles. The smallest absolute Gasteiger partial charge is 0.0688 e. The van der Waals surface area contributed by atoms with Gasteiger partial charge in [-0.1, -0.05) is 12.8 Å². The molecule has 0 fully saturated rings. The van der Waals surface area contributed by atoms with Crippen molar-refractivity contribution in [2.45, 2.75) is 32.4 Å². The van der Waals surface area contributed by atoms with Gasteiger partial charge in [0.05, 0.1) is 6.04 Å². The van der Waals surface area contributed by atoms with Crippen LogP contribution in [0.25, 0.3) is 0 Å². The molecule has 0 spiro atoms. The molecule has 0 aliphatic heterocycles. The average molecular weight is 193 g/mol. The zero-order valence-electron chi connectivity index (χ0n) is 8.08. The first-order chi connectivity index (χ1) is 6.27. The van der Waals surface area contributed by atoms with Gasteiger partial charge in [0.25, 0.3) is 0 Å². The summed E-state index contributed by atoms with van der Waals surface area (Å²) in [6.07, 6.45) is 6.35. The summed E-state index contributed by atoms with van der Waals surface area (Å²) >= 11 is 1.72. The van der Waals surface area contributed by atoms with Crippen LogP contribution < -0.4 is 5.32 Å². The first-order valence-electron chi connectivity index (χ1n) is 4.52. The van der Waals surface area contributed by atoms with Gasteiger partial charge in [0.15, 0.2) is 0 Å². The first-order valence-corrected chi connectivity index (χ1v) is 5.46. The van der Waals surface area contributed by atoms with Crippen LogP contribution in [0.2, 0.25) is 0 Å². The number of thiophene rings is 1. The van der Waals surface area contributed by atoms with Crippen LogP contribution in [0, 0.1) is 12.3 Å². The third-order valence-corrected chi connectivity index (χ3v) is 2.81. The molecule has 2 atom stereocenters. The average Bonchev–Trinajstić information content (AvgIpc) is 2.66. The maximum absolute atomic E-state index is 5.38. The molecule has 0 saturated carbocycles. The molecule has 1 heterocycles. The quantitative estimate of drug-likeness (QED) is 0.725. The minimum atomic E-state index is 0.190. The summed E-state index contributed by atoms with van der Waals surface area (Å²) in [6, 6.07) is 2.67. The molecule has 1 N–H and O–H groups in total. The molecule has 0 bridgehead atoms. The maximum atomic E-state index is 5.38. The van der Waals surface area contributed by atoms with Crippen molar-refractivity contribution in [3.05, 3.63) is 22.4 Å². The molecule has 13 heavy (non-hydrogen) atoms. The normalized spacial score (nSPS) is 14.8. The lowest BCUT2D eigenvalue weighted by Gasteiger charge is -2.16. The lowest BCUT2D eigenvalue weighted by molar-refractivity contribution is 0.513. The van der Waals surface area contributed by atoms with E-state index in [2.05, 4.69) is 41.9 Å². The molecule has 0 aromatic carbocycles. The number of rotatable bonds is 4. The van der Waals surface area contributed by atoms with Crippen LogP contribution in [-0.2, 0) is 0 Å². The standard InChI is InChI=1S/C11H15NS/c1-4-11(5-2)12-9(3)10-6-7-13-8-10/h1,6-9,11-12H,5H2,2-3H3. The highest BCUT2D eigenvalue weighted by atomic mass is 32.1. The van der Waals surface area contributed by atoms with E-state index in [-0.39, 0.29) is 6.04 Å². The molecule has 0 aliphatic rings. The fraction of sp³-hybridized carbons (Fsp3) is 0.455. The predicted molar refractivity (Wildman–Crippen MR) is 58.8 cm³/mol. The summed E-state index contributed by atoms with van der Waals surface area (Å²) < 4.78 is 0. The Morgan fingerprint density at radius 2 is 2.46 bits per heavy atom. The van der Waals surface area contributed by atoms with Crippen molar-refractivity contribution < 1.29 is 0 Å². The van der Waals surface area contributed by atoms with Crippen molar-refractivity contribution >= 4 is 11.3 Å². The van der Waals surface area contributed by atoms with Crippen LogP contribution in [0.3, 0.4) is 0 Å². The molecular weight excluding hydrogens is 178 g/mol. The van der Waals surface area contributed by atoms with Gasteiger partial charge < -0.3 is 0 Å². The van der Waals surface area contributed by atoms with Gasteiger partial charge in [-0.3, -0.25) is 5.32 Å². The van der Waals surface area contributed by atoms with E-state index in [1.54, 1.807) is 11.3 Å². The van der Waals surface area contributed by atoms with Gasteiger partial charge in [0.2, 0.25) is 0 Å². The molecular formula is C11H15NS.